The van der Waals surface area contributed by atoms with E-state index in [2.05, 4.69) is 30.6 Å². The van der Waals surface area contributed by atoms with Gasteiger partial charge < -0.3 is 25.8 Å². The average molecular weight is 599 g/mol. The third-order valence-corrected chi connectivity index (χ3v) is 8.00. The molecule has 0 fully saturated rings. The van der Waals surface area contributed by atoms with Crippen LogP contribution in [0.15, 0.2) is 89.8 Å². The molecule has 0 radical (unpaired) electrons. The number of ether oxygens (including phenoxy) is 1. The van der Waals surface area contributed by atoms with Gasteiger partial charge in [-0.05, 0) is 61.4 Å². The second-order valence-corrected chi connectivity index (χ2v) is 11.4. The molecule has 0 aliphatic heterocycles. The molecule has 0 atom stereocenters. The standard InChI is InChI=1S/C31H30N6O5S/c1-19-8-6-13-26(20(19)2)32-18-29(39)33-21-9-7-10-25(16-21)43(40,41)37-31-30(35-27-11-4-5-12-28(27)36-31)34-22-14-23(38)17-24(15-22)42-3/h4-17,32,38H,18H2,1-3H3,(H,33,39)(H,34,35)(H,36,37). The SMILES string of the molecule is COc1cc(O)cc(Nc2nc3ccccc3nc2NS(=O)(=O)c2cccc(NC(=O)CNc3cccc(C)c3C)c2)c1. The number of fused-ring (bicyclic) bond motifs is 1. The van der Waals surface area contributed by atoms with Gasteiger partial charge in [-0.15, -0.1) is 0 Å². The number of nitrogens with one attached hydrogen (secondary N) is 4. The van der Waals surface area contributed by atoms with Crippen LogP contribution in [0, 0.1) is 13.8 Å². The van der Waals surface area contributed by atoms with Crippen molar-refractivity contribution in [3.05, 3.63) is 96.1 Å². The predicted octanol–water partition coefficient (Wildman–Crippen LogP) is 5.56. The highest BCUT2D eigenvalue weighted by atomic mass is 32.2. The van der Waals surface area contributed by atoms with E-state index < -0.39 is 10.0 Å². The van der Waals surface area contributed by atoms with Crippen LogP contribution in [0.2, 0.25) is 0 Å². The van der Waals surface area contributed by atoms with Crippen molar-refractivity contribution in [2.24, 2.45) is 0 Å². The van der Waals surface area contributed by atoms with Gasteiger partial charge in [-0.1, -0.05) is 30.3 Å². The van der Waals surface area contributed by atoms with Crippen LogP contribution in [-0.4, -0.2) is 43.1 Å². The van der Waals surface area contributed by atoms with Gasteiger partial charge >= 0.3 is 0 Å². The minimum Gasteiger partial charge on any atom is -0.508 e. The molecular weight excluding hydrogens is 568 g/mol. The summed E-state index contributed by atoms with van der Waals surface area (Å²) < 4.78 is 34.8. The number of amides is 1. The molecule has 1 heterocycles. The number of sulfonamides is 1. The summed E-state index contributed by atoms with van der Waals surface area (Å²) in [4.78, 5) is 21.6. The Morgan fingerprint density at radius 3 is 2.33 bits per heavy atom. The first-order valence-corrected chi connectivity index (χ1v) is 14.7. The predicted molar refractivity (Wildman–Crippen MR) is 168 cm³/mol. The molecule has 0 spiro atoms. The number of nitrogens with zero attached hydrogens (tertiary/aromatic N) is 2. The molecule has 0 unspecified atom stereocenters. The van der Waals surface area contributed by atoms with Crippen molar-refractivity contribution >= 4 is 55.7 Å². The fourth-order valence-electron chi connectivity index (χ4n) is 4.32. The van der Waals surface area contributed by atoms with Crippen molar-refractivity contribution in [3.8, 4) is 11.5 Å². The van der Waals surface area contributed by atoms with E-state index in [9.17, 15) is 18.3 Å². The normalized spacial score (nSPS) is 11.1. The van der Waals surface area contributed by atoms with Gasteiger partial charge in [-0.3, -0.25) is 9.52 Å². The minimum absolute atomic E-state index is 0.00105. The Morgan fingerprint density at radius 2 is 1.58 bits per heavy atom. The molecular formula is C31H30N6O5S. The van der Waals surface area contributed by atoms with Crippen molar-refractivity contribution in [2.45, 2.75) is 18.7 Å². The molecule has 12 heteroatoms. The Kier molecular flexibility index (Phi) is 8.30. The van der Waals surface area contributed by atoms with Gasteiger partial charge in [0.05, 0.1) is 29.6 Å². The van der Waals surface area contributed by atoms with Gasteiger partial charge in [-0.2, -0.15) is 0 Å². The van der Waals surface area contributed by atoms with Crippen molar-refractivity contribution in [1.29, 1.82) is 0 Å². The number of phenols is 1. The first-order chi connectivity index (χ1) is 20.6. The summed E-state index contributed by atoms with van der Waals surface area (Å²) in [7, 11) is -2.71. The number of benzene rings is 4. The number of phenolic OH excluding ortho intramolecular Hbond substituents is 1. The lowest BCUT2D eigenvalue weighted by Gasteiger charge is -2.15. The lowest BCUT2D eigenvalue weighted by Crippen LogP contribution is -2.22. The molecule has 5 N–H and O–H groups in total. The lowest BCUT2D eigenvalue weighted by atomic mass is 10.1. The number of hydrogen-bond acceptors (Lipinski definition) is 9. The van der Waals surface area contributed by atoms with Crippen LogP contribution in [0.5, 0.6) is 11.5 Å². The largest absolute Gasteiger partial charge is 0.508 e. The zero-order valence-electron chi connectivity index (χ0n) is 23.7. The highest BCUT2D eigenvalue weighted by Gasteiger charge is 2.20. The molecule has 0 saturated carbocycles. The molecule has 0 aliphatic carbocycles. The number of aromatic hydroxyl groups is 1. The Bertz CT molecular complexity index is 1930. The summed E-state index contributed by atoms with van der Waals surface area (Å²) in [5.74, 6) is 0.0455. The van der Waals surface area contributed by atoms with Crippen LogP contribution in [0.25, 0.3) is 11.0 Å². The summed E-state index contributed by atoms with van der Waals surface area (Å²) in [6, 6.07) is 23.2. The van der Waals surface area contributed by atoms with Crippen molar-refractivity contribution in [3.63, 3.8) is 0 Å². The van der Waals surface area contributed by atoms with Gasteiger partial charge in [0.25, 0.3) is 10.0 Å². The smallest absolute Gasteiger partial charge is 0.263 e. The van der Waals surface area contributed by atoms with Gasteiger partial charge in [0.2, 0.25) is 5.91 Å². The lowest BCUT2D eigenvalue weighted by molar-refractivity contribution is -0.114. The Hall–Kier alpha value is -5.36. The summed E-state index contributed by atoms with van der Waals surface area (Å²) in [6.07, 6.45) is 0. The van der Waals surface area contributed by atoms with Crippen LogP contribution < -0.4 is 25.4 Å². The second-order valence-electron chi connectivity index (χ2n) is 9.74. The number of aryl methyl sites for hydroxylation is 1. The van der Waals surface area contributed by atoms with Crippen LogP contribution >= 0.6 is 0 Å². The summed E-state index contributed by atoms with van der Waals surface area (Å²) in [5.41, 5.74) is 4.71. The fraction of sp³-hybridized carbons (Fsp3) is 0.129. The van der Waals surface area contributed by atoms with E-state index >= 15 is 0 Å². The molecule has 0 aliphatic rings. The minimum atomic E-state index is -4.18. The van der Waals surface area contributed by atoms with Crippen LogP contribution in [0.1, 0.15) is 11.1 Å². The van der Waals surface area contributed by atoms with Gasteiger partial charge in [0, 0.05) is 35.3 Å². The third kappa shape index (κ3) is 6.93. The Balaban J connectivity index is 1.38. The van der Waals surface area contributed by atoms with E-state index in [0.29, 0.717) is 28.2 Å². The highest BCUT2D eigenvalue weighted by Crippen LogP contribution is 2.31. The Morgan fingerprint density at radius 1 is 0.860 bits per heavy atom. The first-order valence-electron chi connectivity index (χ1n) is 13.3. The monoisotopic (exact) mass is 598 g/mol. The van der Waals surface area contributed by atoms with E-state index in [1.54, 1.807) is 36.4 Å². The topological polar surface area (TPSA) is 155 Å². The van der Waals surface area contributed by atoms with Crippen molar-refractivity contribution in [2.75, 3.05) is 34.3 Å². The number of hydrogen-bond donors (Lipinski definition) is 5. The highest BCUT2D eigenvalue weighted by molar-refractivity contribution is 7.92. The molecule has 11 nitrogen and oxygen atoms in total. The molecule has 43 heavy (non-hydrogen) atoms. The van der Waals surface area contributed by atoms with Crippen LogP contribution in [-0.2, 0) is 14.8 Å². The number of rotatable bonds is 10. The number of methoxy groups -OCH3 is 1. The van der Waals surface area contributed by atoms with E-state index in [-0.39, 0.29) is 34.7 Å². The maximum atomic E-state index is 13.5. The second kappa shape index (κ2) is 12.2. The van der Waals surface area contributed by atoms with E-state index in [1.807, 2.05) is 32.0 Å². The maximum Gasteiger partial charge on any atom is 0.263 e. The zero-order valence-corrected chi connectivity index (χ0v) is 24.5. The van der Waals surface area contributed by atoms with E-state index in [1.165, 1.54) is 37.4 Å². The molecule has 1 amide bonds. The number of carbonyl (C=O) groups excluding carboxylic acids is 1. The van der Waals surface area contributed by atoms with Gasteiger partial charge in [0.1, 0.15) is 11.5 Å². The van der Waals surface area contributed by atoms with E-state index in [4.69, 9.17) is 4.74 Å². The molecule has 5 rings (SSSR count). The summed E-state index contributed by atoms with van der Waals surface area (Å²) in [6.45, 7) is 3.96. The third-order valence-electron chi connectivity index (χ3n) is 6.66. The van der Waals surface area contributed by atoms with Gasteiger partial charge in [0.15, 0.2) is 11.6 Å². The molecule has 4 aromatic carbocycles. The molecule has 220 valence electrons. The van der Waals surface area contributed by atoms with E-state index in [0.717, 1.165) is 16.8 Å². The van der Waals surface area contributed by atoms with Crippen molar-refractivity contribution < 1.29 is 23.1 Å². The van der Waals surface area contributed by atoms with Crippen LogP contribution in [0.4, 0.5) is 28.7 Å². The summed E-state index contributed by atoms with van der Waals surface area (Å²) in [5, 5.41) is 19.0. The molecule has 0 bridgehead atoms. The quantitative estimate of drug-likeness (QED) is 0.139. The number of aromatic nitrogens is 2. The average Bonchev–Trinajstić information content (AvgIpc) is 2.98. The first kappa shape index (κ1) is 29.1. The molecule has 5 aromatic rings. The molecule has 0 saturated heterocycles. The fourth-order valence-corrected chi connectivity index (χ4v) is 5.37. The number of anilines is 5. The Labute approximate surface area is 249 Å². The van der Waals surface area contributed by atoms with Gasteiger partial charge in [-0.25, -0.2) is 18.4 Å². The number of para-hydroxylation sites is 2. The zero-order chi connectivity index (χ0) is 30.6. The molecule has 1 aromatic heterocycles. The maximum absolute atomic E-state index is 13.5. The van der Waals surface area contributed by atoms with Crippen molar-refractivity contribution in [1.82, 2.24) is 9.97 Å². The summed E-state index contributed by atoms with van der Waals surface area (Å²) >= 11 is 0. The van der Waals surface area contributed by atoms with Crippen LogP contribution in [0.3, 0.4) is 0 Å². The number of carbonyl (C=O) groups is 1.